The standard InChI is InChI=1S/C28H52N4O2/c1-22(2)31-14-8-10-24(20-31)18-29-26(33)16-28(12-6-5-7-13-28)17-27(34)30-19-25-11-9-15-32(21-25)23(3)4/h22-25H,5-21H2,1-4H3,(H,29,33)(H,30,34). The second-order valence-corrected chi connectivity index (χ2v) is 12.2. The van der Waals surface area contributed by atoms with Gasteiger partial charge in [-0.1, -0.05) is 19.3 Å². The van der Waals surface area contributed by atoms with E-state index in [1.165, 1.54) is 45.2 Å². The number of amides is 2. The van der Waals surface area contributed by atoms with Crippen molar-refractivity contribution in [2.75, 3.05) is 39.3 Å². The summed E-state index contributed by atoms with van der Waals surface area (Å²) in [5, 5.41) is 6.51. The number of rotatable bonds is 10. The van der Waals surface area contributed by atoms with E-state index in [0.717, 1.165) is 51.9 Å². The Morgan fingerprint density at radius 3 is 1.59 bits per heavy atom. The highest BCUT2D eigenvalue weighted by Crippen LogP contribution is 2.42. The van der Waals surface area contributed by atoms with Gasteiger partial charge in [-0.05, 0) is 96.6 Å². The fraction of sp³-hybridized carbons (Fsp3) is 0.929. The summed E-state index contributed by atoms with van der Waals surface area (Å²) in [6, 6.07) is 1.15. The third-order valence-electron chi connectivity index (χ3n) is 8.72. The quantitative estimate of drug-likeness (QED) is 0.496. The number of hydrogen-bond acceptors (Lipinski definition) is 4. The fourth-order valence-electron chi connectivity index (χ4n) is 6.51. The van der Waals surface area contributed by atoms with Gasteiger partial charge in [0.2, 0.25) is 11.8 Å². The van der Waals surface area contributed by atoms with Gasteiger partial charge in [-0.3, -0.25) is 9.59 Å². The van der Waals surface area contributed by atoms with Crippen LogP contribution in [0.5, 0.6) is 0 Å². The first-order valence-electron chi connectivity index (χ1n) is 14.3. The first-order valence-corrected chi connectivity index (χ1v) is 14.3. The summed E-state index contributed by atoms with van der Waals surface area (Å²) < 4.78 is 0. The maximum atomic E-state index is 13.0. The van der Waals surface area contributed by atoms with Crippen molar-refractivity contribution in [1.82, 2.24) is 20.4 Å². The zero-order valence-electron chi connectivity index (χ0n) is 22.5. The SMILES string of the molecule is CC(C)N1CCCC(CNC(=O)CC2(CC(=O)NCC3CCCN(C(C)C)C3)CCCCC2)C1. The van der Waals surface area contributed by atoms with Crippen molar-refractivity contribution in [3.05, 3.63) is 0 Å². The number of nitrogens with one attached hydrogen (secondary N) is 2. The van der Waals surface area contributed by atoms with Gasteiger partial charge in [0, 0.05) is 51.1 Å². The van der Waals surface area contributed by atoms with E-state index < -0.39 is 0 Å². The molecule has 6 nitrogen and oxygen atoms in total. The van der Waals surface area contributed by atoms with Crippen LogP contribution in [0.25, 0.3) is 0 Å². The van der Waals surface area contributed by atoms with E-state index >= 15 is 0 Å². The van der Waals surface area contributed by atoms with Crippen LogP contribution in [0.4, 0.5) is 0 Å². The molecule has 2 unspecified atom stereocenters. The minimum Gasteiger partial charge on any atom is -0.356 e. The molecule has 0 aromatic carbocycles. The van der Waals surface area contributed by atoms with Gasteiger partial charge in [-0.15, -0.1) is 0 Å². The summed E-state index contributed by atoms with van der Waals surface area (Å²) in [6.45, 7) is 15.1. The first kappa shape index (κ1) is 27.4. The molecule has 0 aromatic rings. The van der Waals surface area contributed by atoms with Gasteiger partial charge in [-0.25, -0.2) is 0 Å². The van der Waals surface area contributed by atoms with Crippen molar-refractivity contribution in [3.8, 4) is 0 Å². The Morgan fingerprint density at radius 2 is 1.18 bits per heavy atom. The minimum absolute atomic E-state index is 0.149. The minimum atomic E-state index is -0.153. The summed E-state index contributed by atoms with van der Waals surface area (Å²) in [5.41, 5.74) is -0.153. The van der Waals surface area contributed by atoms with E-state index in [0.29, 0.717) is 36.8 Å². The molecule has 3 rings (SSSR count). The Hall–Kier alpha value is -1.14. The average molecular weight is 477 g/mol. The van der Waals surface area contributed by atoms with Gasteiger partial charge in [0.25, 0.3) is 0 Å². The number of hydrogen-bond donors (Lipinski definition) is 2. The summed E-state index contributed by atoms with van der Waals surface area (Å²) in [5.74, 6) is 1.39. The molecule has 34 heavy (non-hydrogen) atoms. The lowest BCUT2D eigenvalue weighted by Crippen LogP contribution is -2.45. The van der Waals surface area contributed by atoms with Gasteiger partial charge >= 0.3 is 0 Å². The number of carbonyl (C=O) groups is 2. The molecule has 2 saturated heterocycles. The zero-order chi connectivity index (χ0) is 24.6. The highest BCUT2D eigenvalue weighted by molar-refractivity contribution is 5.80. The Labute approximate surface area is 209 Å². The third-order valence-corrected chi connectivity index (χ3v) is 8.72. The van der Waals surface area contributed by atoms with Crippen LogP contribution in [0.2, 0.25) is 0 Å². The van der Waals surface area contributed by atoms with Crippen molar-refractivity contribution in [2.45, 2.75) is 110 Å². The van der Waals surface area contributed by atoms with Crippen molar-refractivity contribution >= 4 is 11.8 Å². The molecule has 3 aliphatic rings. The normalized spacial score (nSPS) is 26.5. The molecule has 2 atom stereocenters. The van der Waals surface area contributed by atoms with E-state index in [4.69, 9.17) is 0 Å². The summed E-state index contributed by atoms with van der Waals surface area (Å²) in [4.78, 5) is 31.1. The van der Waals surface area contributed by atoms with Crippen LogP contribution in [0.15, 0.2) is 0 Å². The highest BCUT2D eigenvalue weighted by Gasteiger charge is 2.37. The molecule has 196 valence electrons. The maximum absolute atomic E-state index is 13.0. The number of likely N-dealkylation sites (tertiary alicyclic amines) is 2. The molecule has 2 heterocycles. The zero-order valence-corrected chi connectivity index (χ0v) is 22.5. The van der Waals surface area contributed by atoms with Crippen molar-refractivity contribution in [3.63, 3.8) is 0 Å². The molecular formula is C28H52N4O2. The average Bonchev–Trinajstić information content (AvgIpc) is 2.82. The van der Waals surface area contributed by atoms with E-state index in [1.807, 2.05) is 0 Å². The largest absolute Gasteiger partial charge is 0.356 e. The number of piperidine rings is 2. The van der Waals surface area contributed by atoms with Crippen LogP contribution < -0.4 is 10.6 Å². The maximum Gasteiger partial charge on any atom is 0.220 e. The van der Waals surface area contributed by atoms with E-state index in [-0.39, 0.29) is 17.2 Å². The molecule has 0 aromatic heterocycles. The van der Waals surface area contributed by atoms with Crippen molar-refractivity contribution in [2.24, 2.45) is 17.3 Å². The van der Waals surface area contributed by atoms with Gasteiger partial charge in [0.15, 0.2) is 0 Å². The summed E-state index contributed by atoms with van der Waals surface area (Å²) in [7, 11) is 0. The molecular weight excluding hydrogens is 424 g/mol. The second-order valence-electron chi connectivity index (χ2n) is 12.2. The van der Waals surface area contributed by atoms with E-state index in [1.54, 1.807) is 0 Å². The van der Waals surface area contributed by atoms with E-state index in [9.17, 15) is 9.59 Å². The lowest BCUT2D eigenvalue weighted by Gasteiger charge is -2.38. The third kappa shape index (κ3) is 8.51. The topological polar surface area (TPSA) is 64.7 Å². The Morgan fingerprint density at radius 1 is 0.735 bits per heavy atom. The summed E-state index contributed by atoms with van der Waals surface area (Å²) >= 11 is 0. The van der Waals surface area contributed by atoms with Gasteiger partial charge < -0.3 is 20.4 Å². The lowest BCUT2D eigenvalue weighted by atomic mass is 9.69. The highest BCUT2D eigenvalue weighted by atomic mass is 16.2. The van der Waals surface area contributed by atoms with Crippen LogP contribution in [-0.4, -0.2) is 73.0 Å². The monoisotopic (exact) mass is 476 g/mol. The first-order chi connectivity index (χ1) is 16.3. The van der Waals surface area contributed by atoms with Gasteiger partial charge in [0.05, 0.1) is 0 Å². The Balaban J connectivity index is 1.46. The van der Waals surface area contributed by atoms with Crippen molar-refractivity contribution < 1.29 is 9.59 Å². The Kier molecular flexibility index (Phi) is 10.7. The molecule has 2 aliphatic heterocycles. The van der Waals surface area contributed by atoms with Crippen LogP contribution in [-0.2, 0) is 9.59 Å². The van der Waals surface area contributed by atoms with Crippen LogP contribution >= 0.6 is 0 Å². The van der Waals surface area contributed by atoms with Crippen LogP contribution in [0.1, 0.15) is 98.3 Å². The smallest absolute Gasteiger partial charge is 0.220 e. The van der Waals surface area contributed by atoms with Crippen molar-refractivity contribution in [1.29, 1.82) is 0 Å². The predicted octanol–water partition coefficient (Wildman–Crippen LogP) is 4.19. The van der Waals surface area contributed by atoms with Gasteiger partial charge in [0.1, 0.15) is 0 Å². The molecule has 1 aliphatic carbocycles. The number of nitrogens with zero attached hydrogens (tertiary/aromatic N) is 2. The molecule has 3 fully saturated rings. The molecule has 0 radical (unpaired) electrons. The molecule has 2 N–H and O–H groups in total. The molecule has 6 heteroatoms. The molecule has 0 bridgehead atoms. The van der Waals surface area contributed by atoms with Gasteiger partial charge in [-0.2, -0.15) is 0 Å². The lowest BCUT2D eigenvalue weighted by molar-refractivity contribution is -0.128. The molecule has 1 saturated carbocycles. The number of carbonyl (C=O) groups excluding carboxylic acids is 2. The fourth-order valence-corrected chi connectivity index (χ4v) is 6.51. The van der Waals surface area contributed by atoms with E-state index in [2.05, 4.69) is 48.1 Å². The second kappa shape index (κ2) is 13.2. The molecule has 0 spiro atoms. The summed E-state index contributed by atoms with van der Waals surface area (Å²) in [6.07, 6.45) is 11.4. The van der Waals surface area contributed by atoms with Crippen LogP contribution in [0, 0.1) is 17.3 Å². The predicted molar refractivity (Wildman–Crippen MR) is 140 cm³/mol. The van der Waals surface area contributed by atoms with Crippen LogP contribution in [0.3, 0.4) is 0 Å². The Bertz CT molecular complexity index is 596. The molecule has 2 amide bonds.